The van der Waals surface area contributed by atoms with Gasteiger partial charge in [0.2, 0.25) is 0 Å². The molecule has 156 valence electrons. The van der Waals surface area contributed by atoms with Crippen molar-refractivity contribution in [2.24, 2.45) is 0 Å². The molecule has 0 radical (unpaired) electrons. The maximum absolute atomic E-state index is 14.8. The van der Waals surface area contributed by atoms with Crippen molar-refractivity contribution in [3.05, 3.63) is 24.0 Å². The van der Waals surface area contributed by atoms with Crippen LogP contribution in [-0.4, -0.2) is 57.5 Å². The molecule has 28 heavy (non-hydrogen) atoms. The third-order valence-corrected chi connectivity index (χ3v) is 10.6. The van der Waals surface area contributed by atoms with Gasteiger partial charge < -0.3 is 19.2 Å². The van der Waals surface area contributed by atoms with E-state index in [1.165, 1.54) is 11.0 Å². The molecule has 2 aliphatic heterocycles. The highest BCUT2D eigenvalue weighted by molar-refractivity contribution is 6.74. The number of hydrogen-bond acceptors (Lipinski definition) is 5. The van der Waals surface area contributed by atoms with E-state index in [1.807, 2.05) is 4.90 Å². The summed E-state index contributed by atoms with van der Waals surface area (Å²) in [6.07, 6.45) is -1.13. The number of amides is 1. The van der Waals surface area contributed by atoms with Gasteiger partial charge in [0, 0.05) is 13.1 Å². The molecule has 2 saturated heterocycles. The van der Waals surface area contributed by atoms with Gasteiger partial charge in [0.25, 0.3) is 0 Å². The average molecular weight is 411 g/mol. The van der Waals surface area contributed by atoms with Gasteiger partial charge in [-0.15, -0.1) is 0 Å². The van der Waals surface area contributed by atoms with Crippen LogP contribution in [-0.2, 0) is 9.16 Å². The van der Waals surface area contributed by atoms with Gasteiger partial charge in [0.05, 0.1) is 30.1 Å². The summed E-state index contributed by atoms with van der Waals surface area (Å²) in [5.41, 5.74) is 0.663. The van der Waals surface area contributed by atoms with Crippen LogP contribution in [0, 0.1) is 5.82 Å². The predicted octanol–water partition coefficient (Wildman–Crippen LogP) is 3.74. The second-order valence-electron chi connectivity index (χ2n) is 9.60. The normalized spacial score (nSPS) is 22.3. The lowest BCUT2D eigenvalue weighted by Crippen LogP contribution is -2.66. The van der Waals surface area contributed by atoms with Gasteiger partial charge in [-0.05, 0) is 43.3 Å². The lowest BCUT2D eigenvalue weighted by atomic mass is 9.96. The molecule has 2 heterocycles. The van der Waals surface area contributed by atoms with Crippen LogP contribution in [0.1, 0.15) is 27.7 Å². The van der Waals surface area contributed by atoms with Crippen molar-refractivity contribution in [3.8, 4) is 0 Å². The Kier molecular flexibility index (Phi) is 5.27. The molecule has 1 aromatic rings. The molecule has 1 N–H and O–H groups in total. The van der Waals surface area contributed by atoms with Gasteiger partial charge in [-0.25, -0.2) is 9.18 Å². The van der Waals surface area contributed by atoms with Crippen molar-refractivity contribution in [2.45, 2.75) is 57.5 Å². The first-order valence-electron chi connectivity index (χ1n) is 9.69. The monoisotopic (exact) mass is 410 g/mol. The van der Waals surface area contributed by atoms with E-state index in [4.69, 9.17) is 14.3 Å². The van der Waals surface area contributed by atoms with Gasteiger partial charge in [-0.3, -0.25) is 4.90 Å². The summed E-state index contributed by atoms with van der Waals surface area (Å²) >= 11 is 0. The van der Waals surface area contributed by atoms with Crippen molar-refractivity contribution < 1.29 is 23.5 Å². The molecule has 2 aliphatic rings. The lowest BCUT2D eigenvalue weighted by molar-refractivity contribution is 0.0427. The highest BCUT2D eigenvalue weighted by Crippen LogP contribution is 2.42. The zero-order valence-corrected chi connectivity index (χ0v) is 18.6. The summed E-state index contributed by atoms with van der Waals surface area (Å²) in [6.45, 7) is 14.4. The molecule has 0 saturated carbocycles. The standard InChI is InChI=1S/C20H31FN2O4Si/c1-19(2,3)28(5,6)27-20(4)12-22(13-20)17-8-7-14(9-16(17)21)23-10-15(11-24)26-18(23)25/h7-9,15,24H,10-13H2,1-6H3/t15-/m1/s1. The van der Waals surface area contributed by atoms with Crippen LogP contribution in [0.4, 0.5) is 20.6 Å². The summed E-state index contributed by atoms with van der Waals surface area (Å²) < 4.78 is 26.3. The van der Waals surface area contributed by atoms with Crippen molar-refractivity contribution in [1.82, 2.24) is 0 Å². The quantitative estimate of drug-likeness (QED) is 0.749. The smallest absolute Gasteiger partial charge is 0.414 e. The maximum Gasteiger partial charge on any atom is 0.414 e. The van der Waals surface area contributed by atoms with E-state index in [9.17, 15) is 9.18 Å². The van der Waals surface area contributed by atoms with Gasteiger partial charge in [-0.2, -0.15) is 0 Å². The largest absolute Gasteiger partial charge is 0.441 e. The van der Waals surface area contributed by atoms with Crippen molar-refractivity contribution >= 4 is 25.8 Å². The number of rotatable bonds is 5. The van der Waals surface area contributed by atoms with E-state index in [1.54, 1.807) is 12.1 Å². The molecule has 1 aromatic carbocycles. The van der Waals surface area contributed by atoms with E-state index in [2.05, 4.69) is 40.8 Å². The first kappa shape index (κ1) is 21.1. The first-order chi connectivity index (χ1) is 12.9. The van der Waals surface area contributed by atoms with E-state index in [0.717, 1.165) is 0 Å². The van der Waals surface area contributed by atoms with Crippen molar-refractivity contribution in [2.75, 3.05) is 36.0 Å². The molecule has 0 aliphatic carbocycles. The zero-order chi connectivity index (χ0) is 20.9. The molecule has 6 nitrogen and oxygen atoms in total. The Labute approximate surface area is 167 Å². The minimum Gasteiger partial charge on any atom is -0.441 e. The Morgan fingerprint density at radius 3 is 2.50 bits per heavy atom. The van der Waals surface area contributed by atoms with Crippen LogP contribution in [0.2, 0.25) is 18.1 Å². The summed E-state index contributed by atoms with van der Waals surface area (Å²) in [6, 6.07) is 4.75. The van der Waals surface area contributed by atoms with Gasteiger partial charge >= 0.3 is 6.09 Å². The maximum atomic E-state index is 14.8. The number of ether oxygens (including phenoxy) is 1. The average Bonchev–Trinajstić information content (AvgIpc) is 2.92. The molecule has 8 heteroatoms. The van der Waals surface area contributed by atoms with Crippen molar-refractivity contribution in [1.29, 1.82) is 0 Å². The molecule has 1 amide bonds. The third-order valence-electron chi connectivity index (χ3n) is 6.02. The number of carbonyl (C=O) groups is 1. The molecule has 3 rings (SSSR count). The minimum atomic E-state index is -1.90. The molecular formula is C20H31FN2O4Si. The molecule has 0 unspecified atom stereocenters. The topological polar surface area (TPSA) is 62.2 Å². The zero-order valence-electron chi connectivity index (χ0n) is 17.6. The SMILES string of the molecule is CC1(O[Si](C)(C)C(C)(C)C)CN(c2ccc(N3C[C@H](CO)OC3=O)cc2F)C1. The number of aliphatic hydroxyl groups excluding tert-OH is 1. The van der Waals surface area contributed by atoms with E-state index < -0.39 is 20.5 Å². The highest BCUT2D eigenvalue weighted by atomic mass is 28.4. The predicted molar refractivity (Wildman–Crippen MR) is 110 cm³/mol. The van der Waals surface area contributed by atoms with Crippen LogP contribution in [0.15, 0.2) is 18.2 Å². The van der Waals surface area contributed by atoms with Gasteiger partial charge in [0.15, 0.2) is 8.32 Å². The number of benzene rings is 1. The number of hydrogen-bond donors (Lipinski definition) is 1. The molecule has 0 aromatic heterocycles. The Bertz CT molecular complexity index is 759. The first-order valence-corrected chi connectivity index (χ1v) is 12.6. The summed E-state index contributed by atoms with van der Waals surface area (Å²) in [5, 5.41) is 9.27. The fraction of sp³-hybridized carbons (Fsp3) is 0.650. The number of nitrogens with zero attached hydrogens (tertiary/aromatic N) is 2. The number of aliphatic hydroxyl groups is 1. The Morgan fingerprint density at radius 1 is 1.36 bits per heavy atom. The van der Waals surface area contributed by atoms with Gasteiger partial charge in [0.1, 0.15) is 11.9 Å². The summed E-state index contributed by atoms with van der Waals surface area (Å²) in [7, 11) is -1.90. The number of cyclic esters (lactones) is 1. The number of anilines is 2. The molecule has 0 bridgehead atoms. The summed E-state index contributed by atoms with van der Waals surface area (Å²) in [4.78, 5) is 15.2. The van der Waals surface area contributed by atoms with Crippen LogP contribution in [0.25, 0.3) is 0 Å². The Hall–Kier alpha value is -1.64. The van der Waals surface area contributed by atoms with Gasteiger partial charge in [-0.1, -0.05) is 20.8 Å². The van der Waals surface area contributed by atoms with Crippen LogP contribution in [0.5, 0.6) is 0 Å². The van der Waals surface area contributed by atoms with Crippen molar-refractivity contribution in [3.63, 3.8) is 0 Å². The van der Waals surface area contributed by atoms with Crippen LogP contribution < -0.4 is 9.80 Å². The van der Waals surface area contributed by atoms with E-state index in [-0.39, 0.29) is 29.6 Å². The number of halogens is 1. The Balaban J connectivity index is 1.68. The minimum absolute atomic E-state index is 0.125. The molecule has 0 spiro atoms. The number of carbonyl (C=O) groups excluding carboxylic acids is 1. The van der Waals surface area contributed by atoms with Crippen LogP contribution in [0.3, 0.4) is 0 Å². The molecule has 2 fully saturated rings. The van der Waals surface area contributed by atoms with Crippen LogP contribution >= 0.6 is 0 Å². The molecular weight excluding hydrogens is 379 g/mol. The Morgan fingerprint density at radius 2 is 2.00 bits per heavy atom. The molecule has 1 atom stereocenters. The third kappa shape index (κ3) is 3.90. The van der Waals surface area contributed by atoms with E-state index >= 15 is 0 Å². The summed E-state index contributed by atoms with van der Waals surface area (Å²) in [5.74, 6) is -0.382. The fourth-order valence-corrected chi connectivity index (χ4v) is 5.18. The fourth-order valence-electron chi connectivity index (χ4n) is 3.51. The second kappa shape index (κ2) is 7.00. The highest BCUT2D eigenvalue weighted by Gasteiger charge is 2.48. The lowest BCUT2D eigenvalue weighted by Gasteiger charge is -2.54. The van der Waals surface area contributed by atoms with E-state index in [0.29, 0.717) is 24.5 Å². The second-order valence-corrected chi connectivity index (χ2v) is 14.3.